The number of nitrogens with two attached hydrogens (primary N) is 1. The lowest BCUT2D eigenvalue weighted by Crippen LogP contribution is -2.19. The van der Waals surface area contributed by atoms with E-state index in [-0.39, 0.29) is 0 Å². The molecule has 5 heteroatoms. The Morgan fingerprint density at radius 3 is 2.31 bits per heavy atom. The summed E-state index contributed by atoms with van der Waals surface area (Å²) >= 11 is 0. The molecule has 13 heavy (non-hydrogen) atoms. The lowest BCUT2D eigenvalue weighted by Gasteiger charge is -2.17. The Kier molecular flexibility index (Phi) is 6.07. The monoisotopic (exact) mass is 199 g/mol. The number of rotatable bonds is 6. The Hall–Kier alpha value is -0.290. The highest BCUT2D eigenvalue weighted by Gasteiger charge is 2.31. The average molecular weight is 199 g/mol. The van der Waals surface area contributed by atoms with E-state index in [0.29, 0.717) is 26.0 Å². The van der Waals surface area contributed by atoms with Crippen LogP contribution in [0, 0.1) is 5.92 Å². The van der Waals surface area contributed by atoms with Crippen molar-refractivity contribution in [2.24, 2.45) is 11.7 Å². The van der Waals surface area contributed by atoms with Gasteiger partial charge >= 0.3 is 6.18 Å². The number of hydrogen-bond acceptors (Lipinski definition) is 2. The van der Waals surface area contributed by atoms with E-state index in [1.54, 1.807) is 0 Å². The van der Waals surface area contributed by atoms with Gasteiger partial charge in [0, 0.05) is 20.1 Å². The second-order valence-corrected chi connectivity index (χ2v) is 3.04. The zero-order valence-electron chi connectivity index (χ0n) is 7.73. The standard InChI is InChI=1S/C8H16F3NO/c1-13-5-3-7(2-4-12)6-8(9,10)11/h7H,2-6,12H2,1H3. The zero-order chi connectivity index (χ0) is 10.3. The van der Waals surface area contributed by atoms with Gasteiger partial charge in [0.25, 0.3) is 0 Å². The zero-order valence-corrected chi connectivity index (χ0v) is 7.73. The van der Waals surface area contributed by atoms with E-state index in [2.05, 4.69) is 0 Å². The van der Waals surface area contributed by atoms with Crippen LogP contribution in [-0.4, -0.2) is 26.4 Å². The largest absolute Gasteiger partial charge is 0.389 e. The van der Waals surface area contributed by atoms with Crippen molar-refractivity contribution in [1.29, 1.82) is 0 Å². The molecular formula is C8H16F3NO. The van der Waals surface area contributed by atoms with Gasteiger partial charge in [0.05, 0.1) is 0 Å². The summed E-state index contributed by atoms with van der Waals surface area (Å²) in [6.07, 6.45) is -4.02. The molecule has 0 aliphatic carbocycles. The molecule has 0 saturated carbocycles. The fourth-order valence-electron chi connectivity index (χ4n) is 1.20. The van der Waals surface area contributed by atoms with Crippen LogP contribution in [0.15, 0.2) is 0 Å². The molecule has 1 atom stereocenters. The highest BCUT2D eigenvalue weighted by atomic mass is 19.4. The Bertz CT molecular complexity index is 127. The molecule has 0 bridgehead atoms. The normalized spacial score (nSPS) is 14.5. The van der Waals surface area contributed by atoms with Crippen molar-refractivity contribution in [2.45, 2.75) is 25.4 Å². The maximum absolute atomic E-state index is 12.0. The number of ether oxygens (including phenoxy) is 1. The molecule has 0 aromatic carbocycles. The molecule has 0 aliphatic rings. The van der Waals surface area contributed by atoms with Gasteiger partial charge in [-0.3, -0.25) is 0 Å². The number of hydrogen-bond donors (Lipinski definition) is 1. The van der Waals surface area contributed by atoms with Crippen molar-refractivity contribution in [1.82, 2.24) is 0 Å². The van der Waals surface area contributed by atoms with Crippen LogP contribution in [0.25, 0.3) is 0 Å². The van der Waals surface area contributed by atoms with Gasteiger partial charge in [-0.15, -0.1) is 0 Å². The summed E-state index contributed by atoms with van der Waals surface area (Å²) in [7, 11) is 1.48. The van der Waals surface area contributed by atoms with Crippen LogP contribution in [-0.2, 0) is 4.74 Å². The van der Waals surface area contributed by atoms with Crippen molar-refractivity contribution < 1.29 is 17.9 Å². The number of methoxy groups -OCH3 is 1. The van der Waals surface area contributed by atoms with Crippen molar-refractivity contribution >= 4 is 0 Å². The van der Waals surface area contributed by atoms with E-state index >= 15 is 0 Å². The molecule has 0 aromatic heterocycles. The first-order valence-electron chi connectivity index (χ1n) is 4.25. The molecule has 0 fully saturated rings. The summed E-state index contributed by atoms with van der Waals surface area (Å²) in [6, 6.07) is 0. The fourth-order valence-corrected chi connectivity index (χ4v) is 1.20. The van der Waals surface area contributed by atoms with Crippen LogP contribution in [0.3, 0.4) is 0 Å². The van der Waals surface area contributed by atoms with E-state index in [1.807, 2.05) is 0 Å². The van der Waals surface area contributed by atoms with E-state index in [4.69, 9.17) is 10.5 Å². The Morgan fingerprint density at radius 2 is 1.92 bits per heavy atom. The molecule has 0 spiro atoms. The maximum atomic E-state index is 12.0. The minimum Gasteiger partial charge on any atom is -0.385 e. The quantitative estimate of drug-likeness (QED) is 0.709. The first-order valence-corrected chi connectivity index (χ1v) is 4.25. The average Bonchev–Trinajstić information content (AvgIpc) is 1.98. The first-order chi connectivity index (χ1) is 5.99. The summed E-state index contributed by atoms with van der Waals surface area (Å²) in [5, 5.41) is 0. The van der Waals surface area contributed by atoms with Gasteiger partial charge < -0.3 is 10.5 Å². The van der Waals surface area contributed by atoms with Crippen molar-refractivity contribution in [3.63, 3.8) is 0 Å². The van der Waals surface area contributed by atoms with Crippen LogP contribution >= 0.6 is 0 Å². The lowest BCUT2D eigenvalue weighted by atomic mass is 9.98. The minimum atomic E-state index is -4.09. The predicted octanol–water partition coefficient (Wildman–Crippen LogP) is 1.94. The second-order valence-electron chi connectivity index (χ2n) is 3.04. The minimum absolute atomic E-state index is 0.296. The molecule has 0 heterocycles. The molecule has 0 rings (SSSR count). The summed E-state index contributed by atoms with van der Waals surface area (Å²) in [4.78, 5) is 0. The topological polar surface area (TPSA) is 35.2 Å². The maximum Gasteiger partial charge on any atom is 0.389 e. The molecule has 0 saturated heterocycles. The van der Waals surface area contributed by atoms with Gasteiger partial charge in [0.1, 0.15) is 0 Å². The molecule has 0 aliphatic heterocycles. The molecule has 2 N–H and O–H groups in total. The van der Waals surface area contributed by atoms with Crippen LogP contribution < -0.4 is 5.73 Å². The van der Waals surface area contributed by atoms with E-state index in [0.717, 1.165) is 0 Å². The number of halogens is 3. The molecule has 2 nitrogen and oxygen atoms in total. The Labute approximate surface area is 76.2 Å². The summed E-state index contributed by atoms with van der Waals surface area (Å²) < 4.78 is 40.6. The van der Waals surface area contributed by atoms with Crippen LogP contribution in [0.5, 0.6) is 0 Å². The summed E-state index contributed by atoms with van der Waals surface area (Å²) in [5.41, 5.74) is 5.21. The van der Waals surface area contributed by atoms with Crippen molar-refractivity contribution in [3.05, 3.63) is 0 Å². The molecular weight excluding hydrogens is 183 g/mol. The predicted molar refractivity (Wildman–Crippen MR) is 44.3 cm³/mol. The smallest absolute Gasteiger partial charge is 0.385 e. The molecule has 80 valence electrons. The second kappa shape index (κ2) is 6.21. The third kappa shape index (κ3) is 8.05. The highest BCUT2D eigenvalue weighted by Crippen LogP contribution is 2.28. The molecule has 0 radical (unpaired) electrons. The van der Waals surface area contributed by atoms with E-state index in [1.165, 1.54) is 7.11 Å². The summed E-state index contributed by atoms with van der Waals surface area (Å²) in [5.74, 6) is -0.398. The van der Waals surface area contributed by atoms with Crippen molar-refractivity contribution in [2.75, 3.05) is 20.3 Å². The van der Waals surface area contributed by atoms with Crippen LogP contribution in [0.2, 0.25) is 0 Å². The third-order valence-corrected chi connectivity index (χ3v) is 1.83. The summed E-state index contributed by atoms with van der Waals surface area (Å²) in [6.45, 7) is 0.658. The first kappa shape index (κ1) is 12.7. The number of alkyl halides is 3. The van der Waals surface area contributed by atoms with Crippen LogP contribution in [0.4, 0.5) is 13.2 Å². The highest BCUT2D eigenvalue weighted by molar-refractivity contribution is 4.64. The third-order valence-electron chi connectivity index (χ3n) is 1.83. The van der Waals surface area contributed by atoms with E-state index < -0.39 is 18.5 Å². The Balaban J connectivity index is 3.79. The van der Waals surface area contributed by atoms with Gasteiger partial charge in [-0.05, 0) is 25.3 Å². The fraction of sp³-hybridized carbons (Fsp3) is 1.00. The van der Waals surface area contributed by atoms with E-state index in [9.17, 15) is 13.2 Å². The lowest BCUT2D eigenvalue weighted by molar-refractivity contribution is -0.145. The van der Waals surface area contributed by atoms with Gasteiger partial charge in [0.2, 0.25) is 0 Å². The van der Waals surface area contributed by atoms with Crippen molar-refractivity contribution in [3.8, 4) is 0 Å². The van der Waals surface area contributed by atoms with Gasteiger partial charge in [-0.1, -0.05) is 0 Å². The van der Waals surface area contributed by atoms with Gasteiger partial charge in [0.15, 0.2) is 0 Å². The Morgan fingerprint density at radius 1 is 1.31 bits per heavy atom. The van der Waals surface area contributed by atoms with Crippen LogP contribution in [0.1, 0.15) is 19.3 Å². The van der Waals surface area contributed by atoms with Gasteiger partial charge in [-0.25, -0.2) is 0 Å². The molecule has 0 amide bonds. The molecule has 0 aromatic rings. The molecule has 1 unspecified atom stereocenters. The van der Waals surface area contributed by atoms with Gasteiger partial charge in [-0.2, -0.15) is 13.2 Å². The SMILES string of the molecule is COCCC(CCN)CC(F)(F)F.